The summed E-state index contributed by atoms with van der Waals surface area (Å²) in [7, 11) is 1.24. The average molecular weight is 534 g/mol. The predicted octanol–water partition coefficient (Wildman–Crippen LogP) is 0.559. The Balaban J connectivity index is 1.58. The van der Waals surface area contributed by atoms with Gasteiger partial charge in [-0.05, 0) is 11.6 Å². The van der Waals surface area contributed by atoms with E-state index in [-0.39, 0.29) is 33.3 Å². The van der Waals surface area contributed by atoms with Crippen molar-refractivity contribution in [2.45, 2.75) is 16.1 Å². The maximum absolute atomic E-state index is 13.2. The predicted molar refractivity (Wildman–Crippen MR) is 130 cm³/mol. The van der Waals surface area contributed by atoms with Gasteiger partial charge in [-0.3, -0.25) is 14.5 Å². The fraction of sp³-hybridized carbons (Fsp3) is 0.227. The third-order valence-electron chi connectivity index (χ3n) is 5.44. The first-order valence-electron chi connectivity index (χ1n) is 10.2. The lowest BCUT2D eigenvalue weighted by molar-refractivity contribution is -0.645. The Morgan fingerprint density at radius 3 is 2.63 bits per heavy atom. The molecule has 2 N–H and O–H groups in total. The molecule has 1 aromatic heterocycles. The van der Waals surface area contributed by atoms with Gasteiger partial charge in [-0.15, -0.1) is 11.8 Å². The van der Waals surface area contributed by atoms with Crippen molar-refractivity contribution in [1.29, 1.82) is 0 Å². The summed E-state index contributed by atoms with van der Waals surface area (Å²) in [5, 5.41) is 23.9. The van der Waals surface area contributed by atoms with E-state index in [0.29, 0.717) is 20.9 Å². The number of hydrogen-bond acceptors (Lipinski definition) is 8. The van der Waals surface area contributed by atoms with E-state index < -0.39 is 28.9 Å². The molecular weight excluding hydrogens is 514 g/mol. The van der Waals surface area contributed by atoms with Crippen molar-refractivity contribution in [3.8, 4) is 0 Å². The summed E-state index contributed by atoms with van der Waals surface area (Å²) >= 11 is 2.38. The number of carbonyl (C=O) groups is 3. The van der Waals surface area contributed by atoms with Crippen LogP contribution in [0.3, 0.4) is 0 Å². The molecule has 4 rings (SSSR count). The van der Waals surface area contributed by atoms with Crippen LogP contribution < -0.4 is 10.0 Å². The fourth-order valence-electron chi connectivity index (χ4n) is 3.77. The van der Waals surface area contributed by atoms with Crippen LogP contribution in [0.1, 0.15) is 5.56 Å². The Morgan fingerprint density at radius 1 is 1.29 bits per heavy atom. The van der Waals surface area contributed by atoms with E-state index in [1.807, 2.05) is 0 Å². The number of methoxy groups -OCH3 is 1. The van der Waals surface area contributed by atoms with Crippen LogP contribution in [0.15, 0.2) is 71.0 Å². The first kappa shape index (κ1) is 25.0. The third-order valence-corrected chi connectivity index (χ3v) is 8.51. The second-order valence-electron chi connectivity index (χ2n) is 7.42. The lowest BCUT2D eigenvalue weighted by atomic mass is 9.97. The largest absolute Gasteiger partial charge is 0.618 e. The second kappa shape index (κ2) is 10.2. The number of aliphatic carboxylic acids is 1. The molecular formula is C22H19N3O7S3. The number of β-lactam (4-membered cyclic amide) rings is 1. The van der Waals surface area contributed by atoms with Crippen LogP contribution in [0.2, 0.25) is 0 Å². The first-order chi connectivity index (χ1) is 16.8. The monoisotopic (exact) mass is 533 g/mol. The molecule has 0 radical (unpaired) electrons. The number of nitrogens with zero attached hydrogens (tertiary/aromatic N) is 2. The lowest BCUT2D eigenvalue weighted by Gasteiger charge is -2.55. The standard InChI is InChI=1S/C22H19N3O7S3/c1-32-22(23-18(26)17(35-31)13-7-3-2-4-8-13)20(29)25-16(19(27)28)14(12-34-21(22)25)11-33-15-9-5-6-10-24(15)30/h2-10,21H,11-12H2,1H3,(H,23,26)(H,27,28)/t21-,22+/m1/s1. The molecule has 2 atom stereocenters. The van der Waals surface area contributed by atoms with E-state index in [1.54, 1.807) is 48.5 Å². The molecule has 1 saturated heterocycles. The molecule has 0 bridgehead atoms. The number of aromatic nitrogens is 1. The molecule has 0 spiro atoms. The van der Waals surface area contributed by atoms with Crippen LogP contribution in [0.25, 0.3) is 0 Å². The van der Waals surface area contributed by atoms with Gasteiger partial charge in [-0.2, -0.15) is 4.73 Å². The SMILES string of the molecule is CO[C@@]1(NC(=O)C(=S=O)c2ccccc2)C(=O)N2C(C(=O)O)=C(CSc3cccc[n+]3[O-])CS[C@@H]21. The van der Waals surface area contributed by atoms with Gasteiger partial charge in [-0.25, -0.2) is 9.00 Å². The minimum atomic E-state index is -1.83. The van der Waals surface area contributed by atoms with Gasteiger partial charge >= 0.3 is 5.97 Å². The number of hydrogen-bond donors (Lipinski definition) is 2. The smallest absolute Gasteiger partial charge is 0.352 e. The van der Waals surface area contributed by atoms with Crippen molar-refractivity contribution in [1.82, 2.24) is 10.2 Å². The van der Waals surface area contributed by atoms with Crippen molar-refractivity contribution in [3.63, 3.8) is 0 Å². The van der Waals surface area contributed by atoms with Crippen molar-refractivity contribution >= 4 is 57.4 Å². The zero-order valence-electron chi connectivity index (χ0n) is 18.2. The average Bonchev–Trinajstić information content (AvgIpc) is 2.87. The molecule has 2 amide bonds. The van der Waals surface area contributed by atoms with Crippen LogP contribution in [-0.2, 0) is 30.4 Å². The number of ether oxygens (including phenoxy) is 1. The number of thioether (sulfide) groups is 2. The number of carboxylic acid groups (broad SMARTS) is 1. The van der Waals surface area contributed by atoms with Crippen LogP contribution in [-0.4, -0.2) is 66.6 Å². The molecule has 0 saturated carbocycles. The molecule has 10 nitrogen and oxygen atoms in total. The summed E-state index contributed by atoms with van der Waals surface area (Å²) in [5.74, 6) is -2.43. The van der Waals surface area contributed by atoms with E-state index in [4.69, 9.17) is 4.74 Å². The molecule has 1 fully saturated rings. The minimum Gasteiger partial charge on any atom is -0.618 e. The van der Waals surface area contributed by atoms with E-state index in [9.17, 15) is 28.9 Å². The molecule has 2 aliphatic rings. The topological polar surface area (TPSA) is 140 Å². The van der Waals surface area contributed by atoms with E-state index in [2.05, 4.69) is 5.32 Å². The molecule has 2 aliphatic heterocycles. The zero-order chi connectivity index (χ0) is 25.2. The minimum absolute atomic E-state index is 0.00739. The van der Waals surface area contributed by atoms with Gasteiger partial charge in [-0.1, -0.05) is 42.1 Å². The Labute approximate surface area is 212 Å². The summed E-state index contributed by atoms with van der Waals surface area (Å²) in [6.45, 7) is 0. The normalized spacial score (nSPS) is 21.1. The van der Waals surface area contributed by atoms with Crippen LogP contribution >= 0.6 is 23.5 Å². The van der Waals surface area contributed by atoms with Crippen molar-refractivity contribution < 1.29 is 33.2 Å². The fourth-order valence-corrected chi connectivity index (χ4v) is 6.62. The highest BCUT2D eigenvalue weighted by Gasteiger charge is 2.66. The van der Waals surface area contributed by atoms with Crippen LogP contribution in [0, 0.1) is 5.21 Å². The Hall–Kier alpha value is -3.13. The van der Waals surface area contributed by atoms with Crippen molar-refractivity contribution in [3.05, 3.63) is 76.8 Å². The van der Waals surface area contributed by atoms with Gasteiger partial charge in [0.05, 0.1) is 0 Å². The summed E-state index contributed by atoms with van der Waals surface area (Å²) in [6, 6.07) is 13.2. The number of fused-ring (bicyclic) bond motifs is 1. The molecule has 1 aromatic carbocycles. The summed E-state index contributed by atoms with van der Waals surface area (Å²) in [6.07, 6.45) is 1.34. The van der Waals surface area contributed by atoms with Gasteiger partial charge in [0.2, 0.25) is 0 Å². The maximum Gasteiger partial charge on any atom is 0.352 e. The second-order valence-corrected chi connectivity index (χ2v) is 10.1. The number of nitrogens with one attached hydrogen (secondary N) is 1. The van der Waals surface area contributed by atoms with E-state index in [0.717, 1.165) is 16.7 Å². The lowest BCUT2D eigenvalue weighted by Crippen LogP contribution is -2.81. The molecule has 0 aliphatic carbocycles. The van der Waals surface area contributed by atoms with Crippen molar-refractivity contribution in [2.75, 3.05) is 18.6 Å². The number of carbonyl (C=O) groups excluding carboxylic acids is 2. The van der Waals surface area contributed by atoms with E-state index in [1.165, 1.54) is 25.1 Å². The maximum atomic E-state index is 13.2. The van der Waals surface area contributed by atoms with Gasteiger partial charge in [0.15, 0.2) is 6.20 Å². The number of amides is 2. The molecule has 13 heteroatoms. The number of carboxylic acids is 1. The Kier molecular flexibility index (Phi) is 7.31. The van der Waals surface area contributed by atoms with Crippen LogP contribution in [0.4, 0.5) is 0 Å². The summed E-state index contributed by atoms with van der Waals surface area (Å²) in [5.41, 5.74) is -1.18. The molecule has 0 unspecified atom stereocenters. The molecule has 182 valence electrons. The number of rotatable bonds is 8. The Morgan fingerprint density at radius 2 is 2.00 bits per heavy atom. The quantitative estimate of drug-likeness (QED) is 0.0947. The molecule has 3 heterocycles. The highest BCUT2D eigenvalue weighted by molar-refractivity contribution is 8.01. The molecule has 2 aromatic rings. The highest BCUT2D eigenvalue weighted by atomic mass is 32.2. The third kappa shape index (κ3) is 4.47. The van der Waals surface area contributed by atoms with Gasteiger partial charge < -0.3 is 20.4 Å². The van der Waals surface area contributed by atoms with Gasteiger partial charge in [0, 0.05) is 36.3 Å². The molecule has 35 heavy (non-hydrogen) atoms. The van der Waals surface area contributed by atoms with Crippen molar-refractivity contribution in [2.24, 2.45) is 0 Å². The Bertz CT molecular complexity index is 1280. The number of benzene rings is 1. The van der Waals surface area contributed by atoms with Gasteiger partial charge in [0.1, 0.15) is 27.2 Å². The first-order valence-corrected chi connectivity index (χ1v) is 12.9. The van der Waals surface area contributed by atoms with E-state index >= 15 is 0 Å². The van der Waals surface area contributed by atoms with Crippen LogP contribution in [0.5, 0.6) is 0 Å². The summed E-state index contributed by atoms with van der Waals surface area (Å²) in [4.78, 5) is 39.2. The summed E-state index contributed by atoms with van der Waals surface area (Å²) < 4.78 is 17.8. The zero-order valence-corrected chi connectivity index (χ0v) is 20.7. The number of pyridine rings is 1. The highest BCUT2D eigenvalue weighted by Crippen LogP contribution is 2.47. The van der Waals surface area contributed by atoms with Gasteiger partial charge in [0.25, 0.3) is 22.6 Å².